The lowest BCUT2D eigenvalue weighted by atomic mass is 9.75. The number of hydrogen-bond acceptors (Lipinski definition) is 8. The summed E-state index contributed by atoms with van der Waals surface area (Å²) in [5.74, 6) is -0.228. The minimum Gasteiger partial charge on any atom is -0.390 e. The molecule has 3 aromatic rings. The summed E-state index contributed by atoms with van der Waals surface area (Å²) in [6.45, 7) is 0.742. The molecule has 0 bridgehead atoms. The molecule has 1 saturated heterocycles. The number of nitriles is 1. The lowest BCUT2D eigenvalue weighted by Gasteiger charge is -2.41. The molecule has 1 aliphatic heterocycles. The van der Waals surface area contributed by atoms with Crippen LogP contribution in [0.25, 0.3) is 16.9 Å². The van der Waals surface area contributed by atoms with Gasteiger partial charge in [0.15, 0.2) is 5.82 Å². The number of aliphatic hydroxyl groups is 1. The van der Waals surface area contributed by atoms with Gasteiger partial charge in [-0.2, -0.15) is 21.0 Å². The van der Waals surface area contributed by atoms with Gasteiger partial charge in [0.2, 0.25) is 5.91 Å². The molecule has 10 nitrogen and oxygen atoms in total. The first-order valence-electron chi connectivity index (χ1n) is 14.4. The molecule has 2 aromatic heterocycles. The molecule has 2 aliphatic carbocycles. The van der Waals surface area contributed by atoms with Gasteiger partial charge in [-0.25, -0.2) is 14.1 Å². The van der Waals surface area contributed by atoms with Crippen molar-refractivity contribution in [2.45, 2.75) is 56.6 Å². The summed E-state index contributed by atoms with van der Waals surface area (Å²) in [5.41, 5.74) is 2.87. The second-order valence-electron chi connectivity index (χ2n) is 11.5. The number of aromatic nitrogens is 3. The van der Waals surface area contributed by atoms with Crippen LogP contribution < -0.4 is 10.2 Å². The first kappa shape index (κ1) is 28.6. The number of benzene rings is 1. The zero-order chi connectivity index (χ0) is 29.5. The van der Waals surface area contributed by atoms with Crippen molar-refractivity contribution in [3.05, 3.63) is 59.8 Å². The van der Waals surface area contributed by atoms with Crippen molar-refractivity contribution in [2.24, 2.45) is 5.92 Å². The Morgan fingerprint density at radius 3 is 2.45 bits per heavy atom. The Morgan fingerprint density at radius 1 is 1.12 bits per heavy atom. The summed E-state index contributed by atoms with van der Waals surface area (Å²) >= 11 is 0. The van der Waals surface area contributed by atoms with E-state index >= 15 is 0 Å². The Hall–Kier alpha value is -3.50. The number of anilines is 1. The molecular formula is C30H35FN6O4S. The van der Waals surface area contributed by atoms with Crippen molar-refractivity contribution in [3.63, 3.8) is 0 Å². The average Bonchev–Trinajstić information content (AvgIpc) is 3.67. The van der Waals surface area contributed by atoms with Crippen LogP contribution in [0.15, 0.2) is 42.6 Å². The number of carbonyl (C=O) groups excluding carboxylic acids is 1. The quantitative estimate of drug-likeness (QED) is 0.311. The second kappa shape index (κ2) is 11.3. The highest BCUT2D eigenvalue weighted by molar-refractivity contribution is 8.24. The molecule has 1 aromatic carbocycles. The minimum absolute atomic E-state index is 0.142. The monoisotopic (exact) mass is 594 g/mol. The summed E-state index contributed by atoms with van der Waals surface area (Å²) in [7, 11) is -2.51. The van der Waals surface area contributed by atoms with Crippen LogP contribution in [0.3, 0.4) is 0 Å². The second-order valence-corrected chi connectivity index (χ2v) is 14.0. The maximum atomic E-state index is 13.7. The largest absolute Gasteiger partial charge is 0.390 e. The molecule has 4 N–H and O–H groups in total. The van der Waals surface area contributed by atoms with E-state index in [9.17, 15) is 28.7 Å². The molecule has 42 heavy (non-hydrogen) atoms. The molecule has 2 atom stereocenters. The van der Waals surface area contributed by atoms with Crippen LogP contribution in [0, 0.1) is 23.1 Å². The van der Waals surface area contributed by atoms with Gasteiger partial charge in [-0.3, -0.25) is 13.9 Å². The first-order chi connectivity index (χ1) is 20.2. The molecule has 1 amide bonds. The number of hydrogen-bond donors (Lipinski definition) is 4. The maximum Gasteiger partial charge on any atom is 0.225 e. The number of nitrogens with zero attached hydrogens (tertiary/aromatic N) is 5. The highest BCUT2D eigenvalue weighted by atomic mass is 32.3. The summed E-state index contributed by atoms with van der Waals surface area (Å²) < 4.78 is 35.3. The van der Waals surface area contributed by atoms with Gasteiger partial charge in [0, 0.05) is 36.2 Å². The van der Waals surface area contributed by atoms with Crippen LogP contribution in [-0.2, 0) is 11.4 Å². The number of nitrogens with one attached hydrogen (secondary N) is 1. The van der Waals surface area contributed by atoms with Crippen LogP contribution >= 0.6 is 10.6 Å². The maximum absolute atomic E-state index is 13.7. The normalized spacial score (nSPS) is 23.5. The van der Waals surface area contributed by atoms with Crippen LogP contribution in [0.4, 0.5) is 10.1 Å². The lowest BCUT2D eigenvalue weighted by Crippen LogP contribution is -2.42. The molecule has 222 valence electrons. The fourth-order valence-corrected chi connectivity index (χ4v) is 7.42. The molecule has 3 aliphatic rings. The summed E-state index contributed by atoms with van der Waals surface area (Å²) in [6.07, 6.45) is 5.61. The Labute approximate surface area is 245 Å². The molecule has 3 fully saturated rings. The third kappa shape index (κ3) is 5.62. The number of amides is 1. The smallest absolute Gasteiger partial charge is 0.225 e. The third-order valence-corrected chi connectivity index (χ3v) is 10.4. The Bertz CT molecular complexity index is 1490. The van der Waals surface area contributed by atoms with E-state index in [1.165, 1.54) is 16.8 Å². The van der Waals surface area contributed by atoms with Crippen molar-refractivity contribution in [3.8, 4) is 23.0 Å². The van der Waals surface area contributed by atoms with Crippen molar-refractivity contribution in [1.82, 2.24) is 20.1 Å². The fourth-order valence-electron chi connectivity index (χ4n) is 6.19. The van der Waals surface area contributed by atoms with Crippen molar-refractivity contribution < 1.29 is 23.4 Å². The van der Waals surface area contributed by atoms with E-state index in [0.29, 0.717) is 66.6 Å². The van der Waals surface area contributed by atoms with Crippen molar-refractivity contribution in [2.75, 3.05) is 29.5 Å². The lowest BCUT2D eigenvalue weighted by molar-refractivity contribution is -0.127. The van der Waals surface area contributed by atoms with Crippen LogP contribution in [0.1, 0.15) is 55.8 Å². The molecule has 12 heteroatoms. The fraction of sp³-hybridized carbons (Fsp3) is 0.467. The third-order valence-electron chi connectivity index (χ3n) is 8.76. The van der Waals surface area contributed by atoms with Crippen LogP contribution in [0.5, 0.6) is 0 Å². The van der Waals surface area contributed by atoms with E-state index in [1.54, 1.807) is 0 Å². The Morgan fingerprint density at radius 2 is 1.83 bits per heavy atom. The summed E-state index contributed by atoms with van der Waals surface area (Å²) in [6, 6.07) is 12.9. The van der Waals surface area contributed by atoms with Gasteiger partial charge in [0.05, 0.1) is 41.8 Å². The number of halogens is 1. The number of carbonyl (C=O) groups is 1. The predicted octanol–water partition coefficient (Wildman–Crippen LogP) is 4.58. The van der Waals surface area contributed by atoms with Crippen LogP contribution in [0.2, 0.25) is 0 Å². The number of pyridine rings is 1. The van der Waals surface area contributed by atoms with Gasteiger partial charge in [-0.05, 0) is 55.5 Å². The van der Waals surface area contributed by atoms with Crippen molar-refractivity contribution >= 4 is 22.2 Å². The topological polar surface area (TPSA) is 148 Å². The zero-order valence-electron chi connectivity index (χ0n) is 23.2. The molecule has 0 spiro atoms. The van der Waals surface area contributed by atoms with Gasteiger partial charge in [0.25, 0.3) is 0 Å². The SMILES string of the molecule is N#CC1(NC(=O)[C@@H]2CCCC[C@H]2c2nn(-c3ccc(F)cn3)c(CO)c2-c2ccc(N3CCS(O)(O)CC3)cc2)CC1. The highest BCUT2D eigenvalue weighted by Crippen LogP contribution is 2.45. The minimum atomic E-state index is -2.51. The van der Waals surface area contributed by atoms with Gasteiger partial charge < -0.3 is 15.3 Å². The molecule has 2 saturated carbocycles. The van der Waals surface area contributed by atoms with E-state index in [-0.39, 0.29) is 24.3 Å². The molecule has 0 radical (unpaired) electrons. The highest BCUT2D eigenvalue weighted by Gasteiger charge is 2.47. The number of rotatable bonds is 7. The summed E-state index contributed by atoms with van der Waals surface area (Å²) in [5, 5.41) is 28.1. The van der Waals surface area contributed by atoms with E-state index in [4.69, 9.17) is 5.10 Å². The average molecular weight is 595 g/mol. The van der Waals surface area contributed by atoms with Crippen LogP contribution in [-0.4, -0.2) is 65.0 Å². The molecule has 6 rings (SSSR count). The summed E-state index contributed by atoms with van der Waals surface area (Å²) in [4.78, 5) is 19.9. The zero-order valence-corrected chi connectivity index (χ0v) is 24.1. The Kier molecular flexibility index (Phi) is 7.70. The van der Waals surface area contributed by atoms with E-state index in [1.807, 2.05) is 24.3 Å². The molecule has 0 unspecified atom stereocenters. The molecular weight excluding hydrogens is 559 g/mol. The standard InChI is InChI=1S/C30H35FN6O4S/c31-21-7-10-26(33-17-21)37-25(18-38)27(20-5-8-22(9-6-20)36-13-15-42(40,41)16-14-36)28(35-37)23-3-1-2-4-24(23)29(39)34-30(19-32)11-12-30/h5-10,17,23-24,38,40-41H,1-4,11-16,18H2,(H,34,39)/t23-,24-/m1/s1. The molecule has 3 heterocycles. The first-order valence-corrected chi connectivity index (χ1v) is 16.3. The Balaban J connectivity index is 1.40. The van der Waals surface area contributed by atoms with Gasteiger partial charge in [-0.15, -0.1) is 0 Å². The van der Waals surface area contributed by atoms with Gasteiger partial charge >= 0.3 is 0 Å². The van der Waals surface area contributed by atoms with Gasteiger partial charge in [-0.1, -0.05) is 25.0 Å². The van der Waals surface area contributed by atoms with E-state index in [2.05, 4.69) is 21.3 Å². The van der Waals surface area contributed by atoms with Gasteiger partial charge in [0.1, 0.15) is 11.4 Å². The van der Waals surface area contributed by atoms with E-state index < -0.39 is 21.9 Å². The predicted molar refractivity (Wildman–Crippen MR) is 158 cm³/mol. The van der Waals surface area contributed by atoms with Crippen molar-refractivity contribution in [1.29, 1.82) is 5.26 Å². The number of aliphatic hydroxyl groups excluding tert-OH is 1. The van der Waals surface area contributed by atoms with E-state index in [0.717, 1.165) is 36.7 Å².